The number of ketones is 1. The maximum Gasteiger partial charge on any atom is 0.163 e. The van der Waals surface area contributed by atoms with E-state index in [-0.39, 0.29) is 5.78 Å². The van der Waals surface area contributed by atoms with Crippen molar-refractivity contribution in [3.05, 3.63) is 35.2 Å². The molecule has 2 rings (SSSR count). The van der Waals surface area contributed by atoms with Gasteiger partial charge >= 0.3 is 0 Å². The molecule has 0 spiro atoms. The van der Waals surface area contributed by atoms with E-state index in [0.717, 1.165) is 35.7 Å². The zero-order valence-corrected chi connectivity index (χ0v) is 11.3. The highest BCUT2D eigenvalue weighted by atomic mass is 16.1. The summed E-state index contributed by atoms with van der Waals surface area (Å²) in [6.07, 6.45) is 4.53. The maximum atomic E-state index is 11.5. The van der Waals surface area contributed by atoms with Gasteiger partial charge in [-0.05, 0) is 20.8 Å². The third kappa shape index (κ3) is 2.20. The van der Waals surface area contributed by atoms with E-state index in [2.05, 4.69) is 10.1 Å². The number of Topliss-reactive ketones (excluding diaryl/α,β-unsaturated/α-hetero) is 1. The Morgan fingerprint density at radius 3 is 2.61 bits per heavy atom. The lowest BCUT2D eigenvalue weighted by Gasteiger charge is -2.05. The van der Waals surface area contributed by atoms with Gasteiger partial charge in [0.1, 0.15) is 5.82 Å². The molecule has 5 heteroatoms. The number of imidazole rings is 1. The fourth-order valence-electron chi connectivity index (χ4n) is 2.27. The standard InChI is InChI=1S/C13H18N4O/c1-9-13(11(3)18)10(2)17(15-9)7-5-12-14-6-8-16(12)4/h6,8H,5,7H2,1-4H3. The third-order valence-electron chi connectivity index (χ3n) is 3.20. The number of rotatable bonds is 4. The molecule has 2 aromatic heterocycles. The number of aryl methyl sites for hydroxylation is 4. The second-order valence-electron chi connectivity index (χ2n) is 4.53. The summed E-state index contributed by atoms with van der Waals surface area (Å²) in [4.78, 5) is 15.8. The van der Waals surface area contributed by atoms with Gasteiger partial charge in [-0.2, -0.15) is 5.10 Å². The second kappa shape index (κ2) is 4.76. The van der Waals surface area contributed by atoms with E-state index in [4.69, 9.17) is 0 Å². The molecule has 0 atom stereocenters. The highest BCUT2D eigenvalue weighted by molar-refractivity contribution is 5.96. The molecule has 0 saturated heterocycles. The second-order valence-corrected chi connectivity index (χ2v) is 4.53. The lowest BCUT2D eigenvalue weighted by atomic mass is 10.1. The van der Waals surface area contributed by atoms with Gasteiger partial charge in [0.2, 0.25) is 0 Å². The Bertz CT molecular complexity index is 580. The van der Waals surface area contributed by atoms with E-state index in [1.54, 1.807) is 13.1 Å². The van der Waals surface area contributed by atoms with Crippen molar-refractivity contribution in [3.8, 4) is 0 Å². The van der Waals surface area contributed by atoms with Gasteiger partial charge in [0.25, 0.3) is 0 Å². The zero-order valence-electron chi connectivity index (χ0n) is 11.3. The fraction of sp³-hybridized carbons (Fsp3) is 0.462. The number of nitrogens with zero attached hydrogens (tertiary/aromatic N) is 4. The van der Waals surface area contributed by atoms with Gasteiger partial charge in [0.05, 0.1) is 11.3 Å². The lowest BCUT2D eigenvalue weighted by molar-refractivity contribution is 0.101. The van der Waals surface area contributed by atoms with Crippen molar-refractivity contribution >= 4 is 5.78 Å². The molecule has 0 aliphatic carbocycles. The highest BCUT2D eigenvalue weighted by Crippen LogP contribution is 2.14. The summed E-state index contributed by atoms with van der Waals surface area (Å²) in [5.74, 6) is 1.10. The van der Waals surface area contributed by atoms with Crippen LogP contribution >= 0.6 is 0 Å². The first kappa shape index (κ1) is 12.5. The summed E-state index contributed by atoms with van der Waals surface area (Å²) in [7, 11) is 1.98. The topological polar surface area (TPSA) is 52.7 Å². The molecular weight excluding hydrogens is 228 g/mol. The number of aromatic nitrogens is 4. The van der Waals surface area contributed by atoms with Crippen LogP contribution in [0.15, 0.2) is 12.4 Å². The van der Waals surface area contributed by atoms with E-state index in [1.807, 2.05) is 36.3 Å². The van der Waals surface area contributed by atoms with Gasteiger partial charge in [-0.1, -0.05) is 0 Å². The molecular formula is C13H18N4O. The van der Waals surface area contributed by atoms with Crippen molar-refractivity contribution in [2.75, 3.05) is 0 Å². The summed E-state index contributed by atoms with van der Waals surface area (Å²) in [5, 5.41) is 4.42. The first-order valence-electron chi connectivity index (χ1n) is 6.02. The molecule has 0 radical (unpaired) electrons. The number of hydrogen-bond acceptors (Lipinski definition) is 3. The van der Waals surface area contributed by atoms with Crippen LogP contribution in [0.25, 0.3) is 0 Å². The molecule has 0 amide bonds. The normalized spacial score (nSPS) is 10.9. The van der Waals surface area contributed by atoms with Crippen molar-refractivity contribution in [2.45, 2.75) is 33.7 Å². The van der Waals surface area contributed by atoms with Crippen molar-refractivity contribution in [2.24, 2.45) is 7.05 Å². The Morgan fingerprint density at radius 1 is 1.39 bits per heavy atom. The third-order valence-corrected chi connectivity index (χ3v) is 3.20. The molecule has 5 nitrogen and oxygen atoms in total. The summed E-state index contributed by atoms with van der Waals surface area (Å²) < 4.78 is 3.89. The Hall–Kier alpha value is -1.91. The fourth-order valence-corrected chi connectivity index (χ4v) is 2.27. The van der Waals surface area contributed by atoms with Crippen LogP contribution in [0.2, 0.25) is 0 Å². The predicted molar refractivity (Wildman–Crippen MR) is 68.6 cm³/mol. The summed E-state index contributed by atoms with van der Waals surface area (Å²) in [6.45, 7) is 6.14. The number of hydrogen-bond donors (Lipinski definition) is 0. The Morgan fingerprint density at radius 2 is 2.11 bits per heavy atom. The van der Waals surface area contributed by atoms with Crippen LogP contribution in [-0.4, -0.2) is 25.1 Å². The SMILES string of the molecule is CC(=O)c1c(C)nn(CCc2nccn2C)c1C. The molecule has 0 fully saturated rings. The van der Waals surface area contributed by atoms with E-state index in [9.17, 15) is 4.79 Å². The van der Waals surface area contributed by atoms with Gasteiger partial charge in [-0.25, -0.2) is 4.98 Å². The summed E-state index contributed by atoms with van der Waals surface area (Å²) >= 11 is 0. The Labute approximate surface area is 106 Å². The first-order chi connectivity index (χ1) is 8.50. The van der Waals surface area contributed by atoms with E-state index >= 15 is 0 Å². The van der Waals surface area contributed by atoms with E-state index < -0.39 is 0 Å². The van der Waals surface area contributed by atoms with Crippen LogP contribution < -0.4 is 0 Å². The average Bonchev–Trinajstić information content (AvgIpc) is 2.80. The van der Waals surface area contributed by atoms with Crippen molar-refractivity contribution < 1.29 is 4.79 Å². The van der Waals surface area contributed by atoms with Gasteiger partial charge in [-0.3, -0.25) is 9.48 Å². The molecule has 0 aliphatic heterocycles. The first-order valence-corrected chi connectivity index (χ1v) is 6.02. The molecule has 0 unspecified atom stereocenters. The number of carbonyl (C=O) groups excluding carboxylic acids is 1. The lowest BCUT2D eigenvalue weighted by Crippen LogP contribution is -2.09. The molecule has 0 N–H and O–H groups in total. The molecule has 2 heterocycles. The molecule has 18 heavy (non-hydrogen) atoms. The summed E-state index contributed by atoms with van der Waals surface area (Å²) in [6, 6.07) is 0. The Balaban J connectivity index is 2.18. The van der Waals surface area contributed by atoms with Gasteiger partial charge in [0, 0.05) is 38.1 Å². The molecule has 0 bridgehead atoms. The molecule has 0 saturated carbocycles. The Kier molecular flexibility index (Phi) is 3.32. The average molecular weight is 246 g/mol. The smallest absolute Gasteiger partial charge is 0.163 e. The largest absolute Gasteiger partial charge is 0.338 e. The minimum atomic E-state index is 0.0771. The zero-order chi connectivity index (χ0) is 13.3. The van der Waals surface area contributed by atoms with Gasteiger partial charge < -0.3 is 4.57 Å². The van der Waals surface area contributed by atoms with Crippen molar-refractivity contribution in [1.29, 1.82) is 0 Å². The van der Waals surface area contributed by atoms with Crippen LogP contribution in [0.3, 0.4) is 0 Å². The monoisotopic (exact) mass is 246 g/mol. The van der Waals surface area contributed by atoms with Crippen LogP contribution in [-0.2, 0) is 20.0 Å². The minimum Gasteiger partial charge on any atom is -0.338 e. The van der Waals surface area contributed by atoms with E-state index in [0.29, 0.717) is 0 Å². The van der Waals surface area contributed by atoms with Crippen molar-refractivity contribution in [1.82, 2.24) is 19.3 Å². The van der Waals surface area contributed by atoms with Gasteiger partial charge in [-0.15, -0.1) is 0 Å². The quantitative estimate of drug-likeness (QED) is 0.771. The molecule has 0 aromatic carbocycles. The summed E-state index contributed by atoms with van der Waals surface area (Å²) in [5.41, 5.74) is 2.49. The maximum absolute atomic E-state index is 11.5. The van der Waals surface area contributed by atoms with Crippen molar-refractivity contribution in [3.63, 3.8) is 0 Å². The van der Waals surface area contributed by atoms with Gasteiger partial charge in [0.15, 0.2) is 5.78 Å². The van der Waals surface area contributed by atoms with Crippen LogP contribution in [0, 0.1) is 13.8 Å². The predicted octanol–water partition coefficient (Wildman–Crippen LogP) is 1.68. The molecule has 96 valence electrons. The minimum absolute atomic E-state index is 0.0771. The van der Waals surface area contributed by atoms with Crippen LogP contribution in [0.5, 0.6) is 0 Å². The molecule has 2 aromatic rings. The number of carbonyl (C=O) groups is 1. The van der Waals surface area contributed by atoms with E-state index in [1.165, 1.54) is 0 Å². The highest BCUT2D eigenvalue weighted by Gasteiger charge is 2.15. The van der Waals surface area contributed by atoms with Crippen LogP contribution in [0.4, 0.5) is 0 Å². The molecule has 0 aliphatic rings. The van der Waals surface area contributed by atoms with Crippen LogP contribution in [0.1, 0.15) is 34.5 Å².